The van der Waals surface area contributed by atoms with Crippen LogP contribution in [0, 0.1) is 0 Å². The smallest absolute Gasteiger partial charge is 0.242 e. The number of carbonyl (C=O) groups is 2. The SMILES string of the molecule is CCNC(=NCCC(=O)NC(C)C)N(C)CC(=O)N(CC)CC.I. The fraction of sp³-hybridized carbons (Fsp3) is 0.812. The highest BCUT2D eigenvalue weighted by Crippen LogP contribution is 1.95. The first-order valence-electron chi connectivity index (χ1n) is 8.42. The molecule has 7 nitrogen and oxygen atoms in total. The Labute approximate surface area is 163 Å². The number of halogens is 1. The van der Waals surface area contributed by atoms with Gasteiger partial charge in [-0.1, -0.05) is 0 Å². The lowest BCUT2D eigenvalue weighted by atomic mass is 10.3. The second-order valence-electron chi connectivity index (χ2n) is 5.63. The van der Waals surface area contributed by atoms with E-state index in [1.807, 2.05) is 41.7 Å². The standard InChI is InChI=1S/C16H33N5O2.HI/c1-7-17-16(18-11-10-14(22)19-13(4)5)20(6)12-15(23)21(8-2)9-3;/h13H,7-12H2,1-6H3,(H,17,18)(H,19,22);1H. The molecule has 0 bridgehead atoms. The monoisotopic (exact) mass is 455 g/mol. The molecule has 0 aromatic heterocycles. The lowest BCUT2D eigenvalue weighted by Gasteiger charge is -2.25. The molecule has 24 heavy (non-hydrogen) atoms. The lowest BCUT2D eigenvalue weighted by Crippen LogP contribution is -2.45. The number of nitrogens with one attached hydrogen (secondary N) is 2. The summed E-state index contributed by atoms with van der Waals surface area (Å²) in [6, 6.07) is 0.133. The van der Waals surface area contributed by atoms with Gasteiger partial charge >= 0.3 is 0 Å². The minimum Gasteiger partial charge on any atom is -0.357 e. The van der Waals surface area contributed by atoms with Crippen molar-refractivity contribution in [1.29, 1.82) is 0 Å². The number of rotatable bonds is 9. The molecule has 0 aromatic carbocycles. The number of likely N-dealkylation sites (N-methyl/N-ethyl adjacent to an activating group) is 2. The molecule has 0 aliphatic carbocycles. The van der Waals surface area contributed by atoms with E-state index in [0.717, 1.165) is 0 Å². The van der Waals surface area contributed by atoms with Crippen molar-refractivity contribution >= 4 is 41.8 Å². The van der Waals surface area contributed by atoms with Crippen LogP contribution in [0.25, 0.3) is 0 Å². The molecule has 0 saturated heterocycles. The quantitative estimate of drug-likeness (QED) is 0.312. The molecule has 0 unspecified atom stereocenters. The Morgan fingerprint density at radius 1 is 1.12 bits per heavy atom. The molecular formula is C16H34IN5O2. The fourth-order valence-electron chi connectivity index (χ4n) is 2.08. The predicted molar refractivity (Wildman–Crippen MR) is 110 cm³/mol. The van der Waals surface area contributed by atoms with E-state index >= 15 is 0 Å². The second kappa shape index (κ2) is 14.3. The lowest BCUT2D eigenvalue weighted by molar-refractivity contribution is -0.131. The number of hydrogen-bond acceptors (Lipinski definition) is 3. The first-order valence-corrected chi connectivity index (χ1v) is 8.42. The summed E-state index contributed by atoms with van der Waals surface area (Å²) in [4.78, 5) is 31.8. The minimum atomic E-state index is -0.0125. The Bertz CT molecular complexity index is 398. The van der Waals surface area contributed by atoms with Gasteiger partial charge < -0.3 is 20.4 Å². The highest BCUT2D eigenvalue weighted by atomic mass is 127. The molecule has 0 atom stereocenters. The molecule has 0 spiro atoms. The van der Waals surface area contributed by atoms with Crippen molar-refractivity contribution in [2.24, 2.45) is 4.99 Å². The molecule has 0 aliphatic heterocycles. The van der Waals surface area contributed by atoms with E-state index in [1.54, 1.807) is 9.80 Å². The van der Waals surface area contributed by atoms with E-state index in [4.69, 9.17) is 0 Å². The Morgan fingerprint density at radius 2 is 1.71 bits per heavy atom. The Balaban J connectivity index is 0. The van der Waals surface area contributed by atoms with Gasteiger partial charge in [0.05, 0.1) is 13.1 Å². The molecule has 0 rings (SSSR count). The van der Waals surface area contributed by atoms with Gasteiger partial charge in [-0.05, 0) is 34.6 Å². The van der Waals surface area contributed by atoms with Crippen molar-refractivity contribution in [2.45, 2.75) is 47.1 Å². The summed E-state index contributed by atoms with van der Waals surface area (Å²) >= 11 is 0. The number of nitrogens with zero attached hydrogens (tertiary/aromatic N) is 3. The van der Waals surface area contributed by atoms with Crippen LogP contribution in [-0.2, 0) is 9.59 Å². The Hall–Kier alpha value is -1.06. The molecule has 0 saturated carbocycles. The summed E-state index contributed by atoms with van der Waals surface area (Å²) in [5.41, 5.74) is 0. The van der Waals surface area contributed by atoms with Crippen molar-refractivity contribution in [2.75, 3.05) is 39.8 Å². The zero-order valence-electron chi connectivity index (χ0n) is 15.9. The van der Waals surface area contributed by atoms with Gasteiger partial charge in [0.2, 0.25) is 11.8 Å². The normalized spacial score (nSPS) is 10.9. The van der Waals surface area contributed by atoms with Crippen LogP contribution in [0.5, 0.6) is 0 Å². The molecule has 2 amide bonds. The maximum Gasteiger partial charge on any atom is 0.242 e. The third-order valence-corrected chi connectivity index (χ3v) is 3.24. The Kier molecular flexibility index (Phi) is 15.0. The molecule has 0 radical (unpaired) electrons. The summed E-state index contributed by atoms with van der Waals surface area (Å²) in [5, 5.41) is 5.99. The molecule has 0 aliphatic rings. The van der Waals surface area contributed by atoms with Crippen LogP contribution in [0.15, 0.2) is 4.99 Å². The summed E-state index contributed by atoms with van der Waals surface area (Å²) in [5.74, 6) is 0.701. The van der Waals surface area contributed by atoms with Gasteiger partial charge in [-0.3, -0.25) is 14.6 Å². The van der Waals surface area contributed by atoms with E-state index in [0.29, 0.717) is 38.6 Å². The topological polar surface area (TPSA) is 77.0 Å². The highest BCUT2D eigenvalue weighted by molar-refractivity contribution is 14.0. The van der Waals surface area contributed by atoms with E-state index in [9.17, 15) is 9.59 Å². The van der Waals surface area contributed by atoms with Crippen LogP contribution < -0.4 is 10.6 Å². The number of carbonyl (C=O) groups excluding carboxylic acids is 2. The minimum absolute atomic E-state index is 0. The van der Waals surface area contributed by atoms with Crippen LogP contribution in [0.1, 0.15) is 41.0 Å². The van der Waals surface area contributed by atoms with Gasteiger partial charge in [-0.2, -0.15) is 0 Å². The average Bonchev–Trinajstić information content (AvgIpc) is 2.46. The molecule has 142 valence electrons. The van der Waals surface area contributed by atoms with Crippen LogP contribution in [0.3, 0.4) is 0 Å². The predicted octanol–water partition coefficient (Wildman–Crippen LogP) is 1.28. The molecule has 0 aromatic rings. The first kappa shape index (κ1) is 25.2. The van der Waals surface area contributed by atoms with Gasteiger partial charge in [-0.25, -0.2) is 0 Å². The number of guanidine groups is 1. The van der Waals surface area contributed by atoms with Crippen LogP contribution in [0.2, 0.25) is 0 Å². The van der Waals surface area contributed by atoms with Crippen molar-refractivity contribution in [1.82, 2.24) is 20.4 Å². The summed E-state index contributed by atoms with van der Waals surface area (Å²) < 4.78 is 0. The summed E-state index contributed by atoms with van der Waals surface area (Å²) in [7, 11) is 1.83. The maximum absolute atomic E-state index is 12.2. The Morgan fingerprint density at radius 3 is 2.17 bits per heavy atom. The number of hydrogen-bond donors (Lipinski definition) is 2. The molecular weight excluding hydrogens is 421 g/mol. The third-order valence-electron chi connectivity index (χ3n) is 3.24. The zero-order valence-corrected chi connectivity index (χ0v) is 18.2. The molecule has 2 N–H and O–H groups in total. The van der Waals surface area contributed by atoms with Crippen LogP contribution in [-0.4, -0.2) is 73.4 Å². The number of amides is 2. The van der Waals surface area contributed by atoms with Crippen LogP contribution >= 0.6 is 24.0 Å². The molecule has 8 heteroatoms. The summed E-state index contributed by atoms with van der Waals surface area (Å²) in [6.45, 7) is 12.5. The van der Waals surface area contributed by atoms with Gasteiger partial charge in [0.25, 0.3) is 0 Å². The fourth-order valence-corrected chi connectivity index (χ4v) is 2.08. The average molecular weight is 455 g/mol. The molecule has 0 fully saturated rings. The molecule has 0 heterocycles. The van der Waals surface area contributed by atoms with Gasteiger partial charge in [-0.15, -0.1) is 24.0 Å². The number of aliphatic imine (C=N–C) groups is 1. The zero-order chi connectivity index (χ0) is 17.8. The first-order chi connectivity index (χ1) is 10.8. The van der Waals surface area contributed by atoms with Gasteiger partial charge in [0, 0.05) is 39.1 Å². The van der Waals surface area contributed by atoms with Crippen LogP contribution in [0.4, 0.5) is 0 Å². The maximum atomic E-state index is 12.2. The van der Waals surface area contributed by atoms with Crippen molar-refractivity contribution in [3.05, 3.63) is 0 Å². The largest absolute Gasteiger partial charge is 0.357 e. The van der Waals surface area contributed by atoms with E-state index in [2.05, 4.69) is 15.6 Å². The second-order valence-corrected chi connectivity index (χ2v) is 5.63. The van der Waals surface area contributed by atoms with Gasteiger partial charge in [0.15, 0.2) is 5.96 Å². The highest BCUT2D eigenvalue weighted by Gasteiger charge is 2.15. The van der Waals surface area contributed by atoms with E-state index in [1.165, 1.54) is 0 Å². The van der Waals surface area contributed by atoms with Crippen molar-refractivity contribution in [3.63, 3.8) is 0 Å². The summed E-state index contributed by atoms with van der Waals surface area (Å²) in [6.07, 6.45) is 0.338. The van der Waals surface area contributed by atoms with E-state index < -0.39 is 0 Å². The van der Waals surface area contributed by atoms with Gasteiger partial charge in [0.1, 0.15) is 0 Å². The van der Waals surface area contributed by atoms with Crippen molar-refractivity contribution < 1.29 is 9.59 Å². The van der Waals surface area contributed by atoms with E-state index in [-0.39, 0.29) is 48.4 Å². The third kappa shape index (κ3) is 10.7. The van der Waals surface area contributed by atoms with Crippen molar-refractivity contribution in [3.8, 4) is 0 Å².